The van der Waals surface area contributed by atoms with Gasteiger partial charge < -0.3 is 14.6 Å². The molecule has 0 bridgehead atoms. The van der Waals surface area contributed by atoms with E-state index in [1.165, 1.54) is 11.0 Å². The van der Waals surface area contributed by atoms with Crippen molar-refractivity contribution >= 4 is 0 Å². The summed E-state index contributed by atoms with van der Waals surface area (Å²) in [7, 11) is 0. The molecular weight excluding hydrogens is 315 g/mol. The van der Waals surface area contributed by atoms with Crippen LogP contribution in [-0.4, -0.2) is 28.9 Å². The molecule has 0 spiro atoms. The normalized spacial score (nSPS) is 13.4. The third-order valence-electron chi connectivity index (χ3n) is 4.31. The van der Waals surface area contributed by atoms with E-state index < -0.39 is 0 Å². The number of quaternary nitrogens is 1. The zero-order chi connectivity index (χ0) is 18.1. The van der Waals surface area contributed by atoms with E-state index in [0.29, 0.717) is 18.7 Å². The Bertz CT molecular complexity index is 680. The molecule has 0 fully saturated rings. The molecule has 0 amide bonds. The van der Waals surface area contributed by atoms with Crippen molar-refractivity contribution in [1.29, 1.82) is 0 Å². The summed E-state index contributed by atoms with van der Waals surface area (Å²) in [5.74, 6) is -0.183. The number of allylic oxidation sites excluding steroid dienone is 1. The largest absolute Gasteiger partial charge is 0.387 e. The quantitative estimate of drug-likeness (QED) is 0.604. The lowest BCUT2D eigenvalue weighted by molar-refractivity contribution is -0.911. The smallest absolute Gasteiger partial charge is 0.128 e. The summed E-state index contributed by atoms with van der Waals surface area (Å²) in [6.07, 6.45) is 6.85. The molecule has 1 aromatic carbocycles. The van der Waals surface area contributed by atoms with E-state index in [9.17, 15) is 9.50 Å². The molecule has 0 aliphatic heterocycles. The van der Waals surface area contributed by atoms with Gasteiger partial charge in [0.25, 0.3) is 0 Å². The van der Waals surface area contributed by atoms with Crippen LogP contribution in [0.25, 0.3) is 0 Å². The van der Waals surface area contributed by atoms with Crippen LogP contribution in [0.3, 0.4) is 0 Å². The first kappa shape index (κ1) is 19.2. The van der Waals surface area contributed by atoms with E-state index >= 15 is 0 Å². The molecule has 2 rings (SSSR count). The van der Waals surface area contributed by atoms with Gasteiger partial charge in [-0.2, -0.15) is 0 Å². The molecule has 0 saturated carbocycles. The van der Waals surface area contributed by atoms with Crippen LogP contribution in [0.5, 0.6) is 0 Å². The van der Waals surface area contributed by atoms with Gasteiger partial charge in [-0.05, 0) is 37.1 Å². The predicted molar refractivity (Wildman–Crippen MR) is 100.0 cm³/mol. The number of halogens is 1. The van der Waals surface area contributed by atoms with Gasteiger partial charge in [-0.15, -0.1) is 6.58 Å². The van der Waals surface area contributed by atoms with E-state index in [-0.39, 0.29) is 11.9 Å². The fourth-order valence-corrected chi connectivity index (χ4v) is 3.01. The van der Waals surface area contributed by atoms with Crippen molar-refractivity contribution in [2.24, 2.45) is 0 Å². The molecular formula is C21H28FN2O+. The fraction of sp³-hybridized carbons (Fsp3) is 0.333. The topological polar surface area (TPSA) is 29.6 Å². The summed E-state index contributed by atoms with van der Waals surface area (Å²) in [5.41, 5.74) is 1.80. The minimum absolute atomic E-state index is 0.183. The molecule has 2 atom stereocenters. The molecule has 3 nitrogen and oxygen atoms in total. The maximum Gasteiger partial charge on any atom is 0.128 e. The van der Waals surface area contributed by atoms with Gasteiger partial charge in [-0.25, -0.2) is 4.39 Å². The van der Waals surface area contributed by atoms with E-state index in [4.69, 9.17) is 0 Å². The molecule has 0 aliphatic rings. The highest BCUT2D eigenvalue weighted by Gasteiger charge is 2.16. The maximum absolute atomic E-state index is 13.9. The zero-order valence-electron chi connectivity index (χ0n) is 14.7. The van der Waals surface area contributed by atoms with Gasteiger partial charge in [0.05, 0.1) is 18.8 Å². The Labute approximate surface area is 149 Å². The molecule has 2 aromatic rings. The molecule has 25 heavy (non-hydrogen) atoms. The standard InChI is InChI=1S/C21H27FN2O/c1-3-5-11-20(25)17-23(13-4-2)16-19-10-8-14-24(19)15-18-9-6-7-12-21(18)22/h3-4,6-10,12,14,20,25H,1-2,5,11,13,15-17H2/p+1/t20-/m0/s1. The van der Waals surface area contributed by atoms with Gasteiger partial charge in [0.1, 0.15) is 25.0 Å². The van der Waals surface area contributed by atoms with Gasteiger partial charge >= 0.3 is 0 Å². The van der Waals surface area contributed by atoms with E-state index in [2.05, 4.69) is 23.8 Å². The molecule has 1 heterocycles. The van der Waals surface area contributed by atoms with Gasteiger partial charge in [-0.1, -0.05) is 30.9 Å². The van der Waals surface area contributed by atoms with Crippen molar-refractivity contribution in [3.63, 3.8) is 0 Å². The van der Waals surface area contributed by atoms with Gasteiger partial charge in [0, 0.05) is 11.8 Å². The minimum atomic E-state index is -0.358. The lowest BCUT2D eigenvalue weighted by atomic mass is 10.2. The summed E-state index contributed by atoms with van der Waals surface area (Å²) in [6, 6.07) is 10.9. The van der Waals surface area contributed by atoms with Crippen molar-refractivity contribution in [3.8, 4) is 0 Å². The van der Waals surface area contributed by atoms with Crippen molar-refractivity contribution in [2.75, 3.05) is 13.1 Å². The lowest BCUT2D eigenvalue weighted by Crippen LogP contribution is -3.11. The summed E-state index contributed by atoms with van der Waals surface area (Å²) in [6.45, 7) is 10.2. The predicted octanol–water partition coefficient (Wildman–Crippen LogP) is 2.57. The second-order valence-electron chi connectivity index (χ2n) is 6.36. The first-order valence-electron chi connectivity index (χ1n) is 8.75. The van der Waals surface area contributed by atoms with Crippen molar-refractivity contribution < 1.29 is 14.4 Å². The average Bonchev–Trinajstić information content (AvgIpc) is 3.02. The first-order valence-corrected chi connectivity index (χ1v) is 8.75. The Kier molecular flexibility index (Phi) is 7.64. The molecule has 134 valence electrons. The van der Waals surface area contributed by atoms with Crippen LogP contribution in [-0.2, 0) is 13.1 Å². The SMILES string of the molecule is C=CCC[C@H](O)C[NH+](CC=C)Cc1cccn1Cc1ccccc1F. The maximum atomic E-state index is 13.9. The molecule has 1 aromatic heterocycles. The van der Waals surface area contributed by atoms with Crippen molar-refractivity contribution in [2.45, 2.75) is 32.0 Å². The Morgan fingerprint density at radius 3 is 2.68 bits per heavy atom. The Balaban J connectivity index is 2.04. The number of aliphatic hydroxyl groups is 1. The number of nitrogens with one attached hydrogen (secondary N) is 1. The number of nitrogens with zero attached hydrogens (tertiary/aromatic N) is 1. The van der Waals surface area contributed by atoms with Crippen LogP contribution in [0, 0.1) is 5.82 Å². The fourth-order valence-electron chi connectivity index (χ4n) is 3.01. The summed E-state index contributed by atoms with van der Waals surface area (Å²) in [4.78, 5) is 1.24. The van der Waals surface area contributed by atoms with Crippen LogP contribution in [0.2, 0.25) is 0 Å². The minimum Gasteiger partial charge on any atom is -0.387 e. The van der Waals surface area contributed by atoms with Gasteiger partial charge in [0.15, 0.2) is 0 Å². The van der Waals surface area contributed by atoms with Gasteiger partial charge in [-0.3, -0.25) is 0 Å². The first-order chi connectivity index (χ1) is 12.1. The molecule has 4 heteroatoms. The third-order valence-corrected chi connectivity index (χ3v) is 4.31. The number of rotatable bonds is 11. The average molecular weight is 343 g/mol. The summed E-state index contributed by atoms with van der Waals surface area (Å²) >= 11 is 0. The van der Waals surface area contributed by atoms with Crippen LogP contribution >= 0.6 is 0 Å². The monoisotopic (exact) mass is 343 g/mol. The summed E-state index contributed by atoms with van der Waals surface area (Å²) < 4.78 is 16.0. The van der Waals surface area contributed by atoms with E-state index in [0.717, 1.165) is 31.6 Å². The van der Waals surface area contributed by atoms with Crippen LogP contribution < -0.4 is 4.90 Å². The van der Waals surface area contributed by atoms with Gasteiger partial charge in [0.2, 0.25) is 0 Å². The number of hydrogen-bond acceptors (Lipinski definition) is 1. The second kappa shape index (κ2) is 9.97. The van der Waals surface area contributed by atoms with E-state index in [1.54, 1.807) is 6.07 Å². The lowest BCUT2D eigenvalue weighted by Gasteiger charge is -2.22. The van der Waals surface area contributed by atoms with E-state index in [1.807, 2.05) is 36.5 Å². The zero-order valence-corrected chi connectivity index (χ0v) is 14.7. The Morgan fingerprint density at radius 2 is 1.96 bits per heavy atom. The van der Waals surface area contributed by atoms with Crippen molar-refractivity contribution in [1.82, 2.24) is 4.57 Å². The number of hydrogen-bond donors (Lipinski definition) is 2. The molecule has 0 saturated heterocycles. The highest BCUT2D eigenvalue weighted by Crippen LogP contribution is 2.11. The van der Waals surface area contributed by atoms with Crippen LogP contribution in [0.15, 0.2) is 67.9 Å². The van der Waals surface area contributed by atoms with Crippen molar-refractivity contribution in [3.05, 3.63) is 85.0 Å². The highest BCUT2D eigenvalue weighted by atomic mass is 19.1. The molecule has 0 aliphatic carbocycles. The number of benzene rings is 1. The molecule has 0 radical (unpaired) electrons. The Hall–Kier alpha value is -2.17. The Morgan fingerprint density at radius 1 is 1.16 bits per heavy atom. The number of aromatic nitrogens is 1. The van der Waals surface area contributed by atoms with Crippen LogP contribution in [0.1, 0.15) is 24.1 Å². The summed E-state index contributed by atoms with van der Waals surface area (Å²) in [5, 5.41) is 10.2. The number of aliphatic hydroxyl groups excluding tert-OH is 1. The molecule has 1 unspecified atom stereocenters. The van der Waals surface area contributed by atoms with Crippen LogP contribution in [0.4, 0.5) is 4.39 Å². The molecule has 2 N–H and O–H groups in total. The highest BCUT2D eigenvalue weighted by molar-refractivity contribution is 5.19. The second-order valence-corrected chi connectivity index (χ2v) is 6.36. The third kappa shape index (κ3) is 6.00.